The fourth-order valence-electron chi connectivity index (χ4n) is 3.70. The van der Waals surface area contributed by atoms with E-state index in [1.54, 1.807) is 4.90 Å². The van der Waals surface area contributed by atoms with Gasteiger partial charge in [-0.15, -0.1) is 0 Å². The quantitative estimate of drug-likeness (QED) is 0.693. The van der Waals surface area contributed by atoms with Gasteiger partial charge >= 0.3 is 6.09 Å². The van der Waals surface area contributed by atoms with Crippen LogP contribution in [0.25, 0.3) is 0 Å². The first-order valence-electron chi connectivity index (χ1n) is 10.6. The zero-order valence-electron chi connectivity index (χ0n) is 17.6. The molecule has 0 radical (unpaired) electrons. The lowest BCUT2D eigenvalue weighted by Crippen LogP contribution is -2.41. The van der Waals surface area contributed by atoms with Gasteiger partial charge in [-0.3, -0.25) is 0 Å². The van der Waals surface area contributed by atoms with E-state index in [0.717, 1.165) is 64.7 Å². The van der Waals surface area contributed by atoms with Gasteiger partial charge in [0.2, 0.25) is 0 Å². The predicted molar refractivity (Wildman–Crippen MR) is 108 cm³/mol. The number of methoxy groups -OCH3 is 1. The Hall–Kier alpha value is -0.890. The van der Waals surface area contributed by atoms with E-state index < -0.39 is 0 Å². The first kappa shape index (κ1) is 24.1. The number of aliphatic hydroxyl groups is 2. The van der Waals surface area contributed by atoms with Crippen molar-refractivity contribution in [3.8, 4) is 0 Å². The molecule has 1 fully saturated rings. The highest BCUT2D eigenvalue weighted by molar-refractivity contribution is 5.67. The molecule has 0 bridgehead atoms. The number of hydrogen-bond acceptors (Lipinski definition) is 6. The van der Waals surface area contributed by atoms with Gasteiger partial charge in [-0.25, -0.2) is 4.79 Å². The third-order valence-corrected chi connectivity index (χ3v) is 5.07. The Morgan fingerprint density at radius 3 is 1.96 bits per heavy atom. The van der Waals surface area contributed by atoms with Crippen molar-refractivity contribution in [3.63, 3.8) is 0 Å². The number of ether oxygens (including phenoxy) is 1. The van der Waals surface area contributed by atoms with Gasteiger partial charge in [-0.05, 0) is 58.8 Å². The van der Waals surface area contributed by atoms with Crippen molar-refractivity contribution in [2.24, 2.45) is 0 Å². The molecule has 1 aliphatic heterocycles. The standard InChI is InChI=1S/C20H41N3O4/c1-4-5-9-19(25)17-22-11-6-10-21(16-18(2)24)12-7-14-23(15-8-13-22)20(26)27-3/h18-19,24-25H,4-17H2,1-3H3. The molecule has 1 rings (SSSR count). The minimum absolute atomic E-state index is 0.274. The molecular weight excluding hydrogens is 346 g/mol. The smallest absolute Gasteiger partial charge is 0.409 e. The summed E-state index contributed by atoms with van der Waals surface area (Å²) in [5.41, 5.74) is 0. The molecule has 0 saturated carbocycles. The second-order valence-corrected chi connectivity index (χ2v) is 7.76. The summed E-state index contributed by atoms with van der Waals surface area (Å²) in [6.45, 7) is 10.2. The van der Waals surface area contributed by atoms with Gasteiger partial charge in [-0.2, -0.15) is 0 Å². The maximum atomic E-state index is 12.0. The number of amides is 1. The molecule has 1 heterocycles. The van der Waals surface area contributed by atoms with Gasteiger partial charge < -0.3 is 29.6 Å². The lowest BCUT2D eigenvalue weighted by atomic mass is 10.1. The van der Waals surface area contributed by atoms with Crippen LogP contribution >= 0.6 is 0 Å². The monoisotopic (exact) mass is 387 g/mol. The van der Waals surface area contributed by atoms with E-state index in [1.807, 2.05) is 6.92 Å². The normalized spacial score (nSPS) is 21.1. The van der Waals surface area contributed by atoms with Crippen LogP contribution in [-0.4, -0.2) is 103 Å². The topological polar surface area (TPSA) is 76.5 Å². The van der Waals surface area contributed by atoms with Crippen molar-refractivity contribution in [3.05, 3.63) is 0 Å². The molecule has 7 heteroatoms. The highest BCUT2D eigenvalue weighted by Gasteiger charge is 2.18. The van der Waals surface area contributed by atoms with Crippen LogP contribution in [0.4, 0.5) is 4.79 Å². The number of nitrogens with zero attached hydrogens (tertiary/aromatic N) is 3. The van der Waals surface area contributed by atoms with Crippen molar-refractivity contribution < 1.29 is 19.7 Å². The number of rotatable bonds is 7. The second-order valence-electron chi connectivity index (χ2n) is 7.76. The molecule has 160 valence electrons. The number of carbonyl (C=O) groups excluding carboxylic acids is 1. The Labute approximate surface area is 165 Å². The summed E-state index contributed by atoms with van der Waals surface area (Å²) in [7, 11) is 1.43. The molecule has 1 aliphatic rings. The van der Waals surface area contributed by atoms with Crippen molar-refractivity contribution in [2.45, 2.75) is 64.6 Å². The first-order valence-corrected chi connectivity index (χ1v) is 10.6. The number of unbranched alkanes of at least 4 members (excludes halogenated alkanes) is 1. The van der Waals surface area contributed by atoms with E-state index in [9.17, 15) is 15.0 Å². The summed E-state index contributed by atoms with van der Waals surface area (Å²) in [6.07, 6.45) is 4.85. The molecule has 7 nitrogen and oxygen atoms in total. The summed E-state index contributed by atoms with van der Waals surface area (Å²) in [4.78, 5) is 18.4. The van der Waals surface area contributed by atoms with Crippen LogP contribution in [0.15, 0.2) is 0 Å². The van der Waals surface area contributed by atoms with Crippen molar-refractivity contribution in [1.29, 1.82) is 0 Å². The predicted octanol–water partition coefficient (Wildman–Crippen LogP) is 1.77. The van der Waals surface area contributed by atoms with Crippen molar-refractivity contribution in [2.75, 3.05) is 59.5 Å². The highest BCUT2D eigenvalue weighted by Crippen LogP contribution is 2.08. The van der Waals surface area contributed by atoms with Crippen molar-refractivity contribution in [1.82, 2.24) is 14.7 Å². The molecule has 2 atom stereocenters. The molecule has 1 amide bonds. The van der Waals surface area contributed by atoms with Gasteiger partial charge in [0.25, 0.3) is 0 Å². The Morgan fingerprint density at radius 2 is 1.48 bits per heavy atom. The van der Waals surface area contributed by atoms with Crippen LogP contribution in [0.1, 0.15) is 52.4 Å². The van der Waals surface area contributed by atoms with Gasteiger partial charge in [0.05, 0.1) is 19.3 Å². The van der Waals surface area contributed by atoms with Crippen LogP contribution < -0.4 is 0 Å². The molecule has 0 aliphatic carbocycles. The van der Waals surface area contributed by atoms with E-state index in [-0.39, 0.29) is 18.3 Å². The number of aliphatic hydroxyl groups excluding tert-OH is 2. The summed E-state index contributed by atoms with van der Waals surface area (Å²) < 4.78 is 4.92. The molecule has 0 aromatic rings. The highest BCUT2D eigenvalue weighted by atomic mass is 16.5. The lowest BCUT2D eigenvalue weighted by molar-refractivity contribution is 0.0844. The summed E-state index contributed by atoms with van der Waals surface area (Å²) in [5.74, 6) is 0. The maximum Gasteiger partial charge on any atom is 0.409 e. The van der Waals surface area contributed by atoms with E-state index in [0.29, 0.717) is 26.2 Å². The van der Waals surface area contributed by atoms with Crippen LogP contribution in [0.3, 0.4) is 0 Å². The van der Waals surface area contributed by atoms with E-state index in [1.165, 1.54) is 7.11 Å². The number of carbonyl (C=O) groups is 1. The van der Waals surface area contributed by atoms with Gasteiger partial charge in [0, 0.05) is 26.2 Å². The number of hydrogen-bond donors (Lipinski definition) is 2. The molecule has 1 saturated heterocycles. The minimum Gasteiger partial charge on any atom is -0.453 e. The SMILES string of the molecule is CCCCC(O)CN1CCCN(CC(C)O)CCCN(C(=O)OC)CCC1. The summed E-state index contributed by atoms with van der Waals surface area (Å²) in [6, 6.07) is 0. The van der Waals surface area contributed by atoms with E-state index >= 15 is 0 Å². The van der Waals surface area contributed by atoms with Crippen LogP contribution in [-0.2, 0) is 4.74 Å². The Balaban J connectivity index is 2.67. The zero-order chi connectivity index (χ0) is 20.1. The van der Waals surface area contributed by atoms with Crippen LogP contribution in [0.5, 0.6) is 0 Å². The lowest BCUT2D eigenvalue weighted by Gasteiger charge is -2.31. The molecule has 0 aromatic heterocycles. The van der Waals surface area contributed by atoms with Crippen LogP contribution in [0, 0.1) is 0 Å². The van der Waals surface area contributed by atoms with E-state index in [4.69, 9.17) is 4.74 Å². The second kappa shape index (κ2) is 14.2. The Bertz CT molecular complexity index is 395. The van der Waals surface area contributed by atoms with Gasteiger partial charge in [0.1, 0.15) is 0 Å². The third-order valence-electron chi connectivity index (χ3n) is 5.07. The fraction of sp³-hybridized carbons (Fsp3) is 0.950. The first-order chi connectivity index (χ1) is 13.0. The Kier molecular flexibility index (Phi) is 12.7. The molecule has 2 unspecified atom stereocenters. The summed E-state index contributed by atoms with van der Waals surface area (Å²) >= 11 is 0. The molecule has 27 heavy (non-hydrogen) atoms. The van der Waals surface area contributed by atoms with Gasteiger partial charge in [-0.1, -0.05) is 19.8 Å². The van der Waals surface area contributed by atoms with Gasteiger partial charge in [0.15, 0.2) is 0 Å². The molecule has 0 spiro atoms. The third kappa shape index (κ3) is 10.9. The van der Waals surface area contributed by atoms with E-state index in [2.05, 4.69) is 16.7 Å². The molecular formula is C20H41N3O4. The summed E-state index contributed by atoms with van der Waals surface area (Å²) in [5, 5.41) is 20.1. The molecule has 0 aromatic carbocycles. The fourth-order valence-corrected chi connectivity index (χ4v) is 3.70. The Morgan fingerprint density at radius 1 is 0.963 bits per heavy atom. The maximum absolute atomic E-state index is 12.0. The number of β-amino-alcohol motifs (C(OH)–C–C–N with tert-alkyl or cyclic N) is 2. The minimum atomic E-state index is -0.360. The van der Waals surface area contributed by atoms with Crippen molar-refractivity contribution >= 4 is 6.09 Å². The average molecular weight is 388 g/mol. The largest absolute Gasteiger partial charge is 0.453 e. The zero-order valence-corrected chi connectivity index (χ0v) is 17.6. The van der Waals surface area contributed by atoms with Crippen LogP contribution in [0.2, 0.25) is 0 Å². The molecule has 2 N–H and O–H groups in total. The average Bonchev–Trinajstić information content (AvgIpc) is 2.62.